The number of carbonyl (C=O) groups is 3. The zero-order chi connectivity index (χ0) is 26.0. The van der Waals surface area contributed by atoms with Crippen molar-refractivity contribution < 1.29 is 29.2 Å². The van der Waals surface area contributed by atoms with E-state index in [2.05, 4.69) is 5.32 Å². The van der Waals surface area contributed by atoms with Gasteiger partial charge in [-0.05, 0) is 48.0 Å². The maximum absolute atomic E-state index is 13.3. The number of anilines is 2. The number of hydrogen-bond donors (Lipinski definition) is 2. The van der Waals surface area contributed by atoms with Crippen LogP contribution in [0.3, 0.4) is 0 Å². The summed E-state index contributed by atoms with van der Waals surface area (Å²) in [7, 11) is 1.48. The van der Waals surface area contributed by atoms with Gasteiger partial charge in [-0.2, -0.15) is 0 Å². The third-order valence-electron chi connectivity index (χ3n) is 5.65. The summed E-state index contributed by atoms with van der Waals surface area (Å²) in [6, 6.07) is 17.1. The second kappa shape index (κ2) is 9.71. The number of nitrogens with one attached hydrogen (secondary N) is 1. The molecule has 1 atom stereocenters. The van der Waals surface area contributed by atoms with Gasteiger partial charge in [0, 0.05) is 36.0 Å². The standard InChI is InChI=1S/C26H21N3O7/c1-15(30)27-18-6-4-7-20(14-18)28-23(17-5-3-8-21(13-17)36-2)22(25(32)26(28)33)24(31)16-9-11-19(12-10-16)29(34)35/h3-14,23,31H,1-2H3,(H,27,30)/b24-22+. The van der Waals surface area contributed by atoms with Crippen LogP contribution >= 0.6 is 0 Å². The van der Waals surface area contributed by atoms with E-state index < -0.39 is 28.4 Å². The highest BCUT2D eigenvalue weighted by Crippen LogP contribution is 2.43. The Kier molecular flexibility index (Phi) is 6.51. The minimum Gasteiger partial charge on any atom is -0.507 e. The molecule has 0 bridgehead atoms. The number of nitro benzene ring substituents is 1. The van der Waals surface area contributed by atoms with Gasteiger partial charge in [0.05, 0.1) is 23.6 Å². The minimum atomic E-state index is -1.04. The number of nitro groups is 1. The smallest absolute Gasteiger partial charge is 0.300 e. The number of ketones is 1. The lowest BCUT2D eigenvalue weighted by Gasteiger charge is -2.26. The number of benzene rings is 3. The van der Waals surface area contributed by atoms with E-state index in [0.717, 1.165) is 0 Å². The van der Waals surface area contributed by atoms with Crippen LogP contribution in [-0.2, 0) is 14.4 Å². The maximum atomic E-state index is 13.3. The maximum Gasteiger partial charge on any atom is 0.300 e. The Hall–Kier alpha value is -4.99. The number of amides is 2. The average Bonchev–Trinajstić information content (AvgIpc) is 3.13. The summed E-state index contributed by atoms with van der Waals surface area (Å²) in [5.41, 5.74) is 0.985. The van der Waals surface area contributed by atoms with Gasteiger partial charge in [0.2, 0.25) is 5.91 Å². The van der Waals surface area contributed by atoms with E-state index in [1.54, 1.807) is 48.5 Å². The zero-order valence-corrected chi connectivity index (χ0v) is 19.3. The summed E-state index contributed by atoms with van der Waals surface area (Å²) in [4.78, 5) is 49.8. The molecule has 1 saturated heterocycles. The molecule has 1 aliphatic heterocycles. The zero-order valence-electron chi connectivity index (χ0n) is 19.3. The molecule has 36 heavy (non-hydrogen) atoms. The number of aliphatic hydroxyl groups excluding tert-OH is 1. The minimum absolute atomic E-state index is 0.137. The summed E-state index contributed by atoms with van der Waals surface area (Å²) in [5, 5.41) is 24.8. The SMILES string of the molecule is COc1cccc(C2/C(=C(\O)c3ccc([N+](=O)[O-])cc3)C(=O)C(=O)N2c2cccc(NC(C)=O)c2)c1. The van der Waals surface area contributed by atoms with Gasteiger partial charge < -0.3 is 15.2 Å². The summed E-state index contributed by atoms with van der Waals surface area (Å²) in [5.74, 6) is -2.12. The van der Waals surface area contributed by atoms with E-state index in [-0.39, 0.29) is 22.7 Å². The first-order valence-corrected chi connectivity index (χ1v) is 10.8. The molecule has 0 aromatic heterocycles. The fraction of sp³-hybridized carbons (Fsp3) is 0.115. The molecule has 3 aromatic rings. The van der Waals surface area contributed by atoms with Crippen molar-refractivity contribution in [1.82, 2.24) is 0 Å². The molecule has 3 aromatic carbocycles. The molecular weight excluding hydrogens is 466 g/mol. The van der Waals surface area contributed by atoms with Crippen molar-refractivity contribution in [2.45, 2.75) is 13.0 Å². The number of carbonyl (C=O) groups excluding carboxylic acids is 3. The van der Waals surface area contributed by atoms with Gasteiger partial charge in [-0.15, -0.1) is 0 Å². The summed E-state index contributed by atoms with van der Waals surface area (Å²) < 4.78 is 5.31. The summed E-state index contributed by atoms with van der Waals surface area (Å²) >= 11 is 0. The lowest BCUT2D eigenvalue weighted by Crippen LogP contribution is -2.29. The fourth-order valence-corrected chi connectivity index (χ4v) is 4.06. The topological polar surface area (TPSA) is 139 Å². The van der Waals surface area contributed by atoms with Crippen LogP contribution in [0.4, 0.5) is 17.1 Å². The molecular formula is C26H21N3O7. The number of hydrogen-bond acceptors (Lipinski definition) is 7. The van der Waals surface area contributed by atoms with Gasteiger partial charge in [0.1, 0.15) is 11.5 Å². The Balaban J connectivity index is 1.91. The van der Waals surface area contributed by atoms with Crippen molar-refractivity contribution >= 4 is 40.4 Å². The Morgan fingerprint density at radius 2 is 1.75 bits per heavy atom. The molecule has 0 spiro atoms. The second-order valence-corrected chi connectivity index (χ2v) is 7.98. The Morgan fingerprint density at radius 3 is 2.39 bits per heavy atom. The van der Waals surface area contributed by atoms with Gasteiger partial charge >= 0.3 is 0 Å². The van der Waals surface area contributed by atoms with Crippen LogP contribution in [0.5, 0.6) is 5.75 Å². The molecule has 0 aliphatic carbocycles. The van der Waals surface area contributed by atoms with Crippen LogP contribution in [0.2, 0.25) is 0 Å². The van der Waals surface area contributed by atoms with Crippen molar-refractivity contribution in [2.24, 2.45) is 0 Å². The number of methoxy groups -OCH3 is 1. The normalized spacial score (nSPS) is 16.6. The van der Waals surface area contributed by atoms with Gasteiger partial charge in [-0.1, -0.05) is 18.2 Å². The van der Waals surface area contributed by atoms with Gasteiger partial charge in [0.15, 0.2) is 0 Å². The molecule has 1 fully saturated rings. The molecule has 0 saturated carbocycles. The van der Waals surface area contributed by atoms with Gasteiger partial charge in [0.25, 0.3) is 17.4 Å². The van der Waals surface area contributed by atoms with E-state index >= 15 is 0 Å². The summed E-state index contributed by atoms with van der Waals surface area (Å²) in [6.45, 7) is 1.35. The molecule has 1 heterocycles. The third kappa shape index (κ3) is 4.51. The molecule has 0 radical (unpaired) electrons. The molecule has 10 heteroatoms. The first kappa shape index (κ1) is 24.1. The van der Waals surface area contributed by atoms with Crippen molar-refractivity contribution in [1.29, 1.82) is 0 Å². The largest absolute Gasteiger partial charge is 0.507 e. The highest BCUT2D eigenvalue weighted by atomic mass is 16.6. The quantitative estimate of drug-likeness (QED) is 0.175. The Bertz CT molecular complexity index is 1410. The first-order chi connectivity index (χ1) is 17.2. The van der Waals surface area contributed by atoms with Crippen molar-refractivity contribution in [3.05, 3.63) is 99.6 Å². The number of ether oxygens (including phenoxy) is 1. The predicted octanol–water partition coefficient (Wildman–Crippen LogP) is 4.19. The van der Waals surface area contributed by atoms with Gasteiger partial charge in [-0.3, -0.25) is 29.4 Å². The van der Waals surface area contributed by atoms with Crippen LogP contribution in [0, 0.1) is 10.1 Å². The Morgan fingerprint density at radius 1 is 1.06 bits per heavy atom. The molecule has 182 valence electrons. The molecule has 2 N–H and O–H groups in total. The number of aliphatic hydroxyl groups is 1. The lowest BCUT2D eigenvalue weighted by atomic mass is 9.95. The highest BCUT2D eigenvalue weighted by molar-refractivity contribution is 6.51. The number of nitrogens with zero attached hydrogens (tertiary/aromatic N) is 2. The van der Waals surface area contributed by atoms with Crippen molar-refractivity contribution in [3.8, 4) is 5.75 Å². The lowest BCUT2D eigenvalue weighted by molar-refractivity contribution is -0.384. The monoisotopic (exact) mass is 487 g/mol. The van der Waals surface area contributed by atoms with Crippen molar-refractivity contribution in [3.63, 3.8) is 0 Å². The molecule has 1 aliphatic rings. The predicted molar refractivity (Wildman–Crippen MR) is 132 cm³/mol. The van der Waals surface area contributed by atoms with E-state index in [9.17, 15) is 29.6 Å². The number of non-ortho nitro benzene ring substituents is 1. The van der Waals surface area contributed by atoms with Crippen LogP contribution in [-0.4, -0.2) is 34.7 Å². The highest BCUT2D eigenvalue weighted by Gasteiger charge is 2.47. The molecule has 1 unspecified atom stereocenters. The molecule has 10 nitrogen and oxygen atoms in total. The number of rotatable bonds is 6. The molecule has 2 amide bonds. The van der Waals surface area contributed by atoms with E-state index in [4.69, 9.17) is 4.74 Å². The van der Waals surface area contributed by atoms with E-state index in [1.165, 1.54) is 43.2 Å². The third-order valence-corrected chi connectivity index (χ3v) is 5.65. The summed E-state index contributed by atoms with van der Waals surface area (Å²) in [6.07, 6.45) is 0. The Labute approximate surface area is 205 Å². The first-order valence-electron chi connectivity index (χ1n) is 10.8. The molecule has 4 rings (SSSR count). The van der Waals surface area contributed by atoms with Crippen LogP contribution in [0.25, 0.3) is 5.76 Å². The van der Waals surface area contributed by atoms with Gasteiger partial charge in [-0.25, -0.2) is 0 Å². The number of Topliss-reactive ketones (excluding diaryl/α,β-unsaturated/α-hetero) is 1. The second-order valence-electron chi connectivity index (χ2n) is 7.98. The fourth-order valence-electron chi connectivity index (χ4n) is 4.06. The van der Waals surface area contributed by atoms with E-state index in [1.807, 2.05) is 0 Å². The average molecular weight is 487 g/mol. The van der Waals surface area contributed by atoms with Crippen molar-refractivity contribution in [2.75, 3.05) is 17.3 Å². The van der Waals surface area contributed by atoms with Crippen LogP contribution in [0.15, 0.2) is 78.4 Å². The van der Waals surface area contributed by atoms with Crippen LogP contribution < -0.4 is 15.0 Å². The van der Waals surface area contributed by atoms with E-state index in [0.29, 0.717) is 22.7 Å². The van der Waals surface area contributed by atoms with Crippen LogP contribution in [0.1, 0.15) is 24.1 Å².